The minimum atomic E-state index is -0.959. The van der Waals surface area contributed by atoms with E-state index in [0.29, 0.717) is 17.1 Å². The molecule has 1 saturated heterocycles. The SMILES string of the molecule is CCCC1SCC(C(=O)O)N1C(=O)Nc1cccnc1C. The van der Waals surface area contributed by atoms with Crippen molar-refractivity contribution in [3.05, 3.63) is 24.0 Å². The van der Waals surface area contributed by atoms with Crippen LogP contribution in [0.15, 0.2) is 18.3 Å². The van der Waals surface area contributed by atoms with Crippen LogP contribution in [0.1, 0.15) is 25.5 Å². The van der Waals surface area contributed by atoms with E-state index in [2.05, 4.69) is 10.3 Å². The molecule has 1 aliphatic rings. The molecule has 21 heavy (non-hydrogen) atoms. The topological polar surface area (TPSA) is 82.5 Å². The minimum absolute atomic E-state index is 0.0897. The van der Waals surface area contributed by atoms with E-state index < -0.39 is 12.0 Å². The summed E-state index contributed by atoms with van der Waals surface area (Å²) in [6.45, 7) is 3.82. The number of urea groups is 1. The number of carboxylic acids is 1. The molecule has 7 heteroatoms. The number of nitrogens with zero attached hydrogens (tertiary/aromatic N) is 2. The lowest BCUT2D eigenvalue weighted by molar-refractivity contribution is -0.141. The molecule has 6 nitrogen and oxygen atoms in total. The van der Waals surface area contributed by atoms with Crippen molar-refractivity contribution in [2.45, 2.75) is 38.1 Å². The second-order valence-corrected chi connectivity index (χ2v) is 6.12. The largest absolute Gasteiger partial charge is 0.480 e. The molecule has 1 aromatic rings. The number of carbonyl (C=O) groups is 2. The van der Waals surface area contributed by atoms with E-state index in [1.54, 1.807) is 25.3 Å². The number of amides is 2. The van der Waals surface area contributed by atoms with Gasteiger partial charge in [-0.1, -0.05) is 13.3 Å². The van der Waals surface area contributed by atoms with Gasteiger partial charge in [-0.15, -0.1) is 11.8 Å². The molecule has 0 aromatic carbocycles. The highest BCUT2D eigenvalue weighted by atomic mass is 32.2. The van der Waals surface area contributed by atoms with Gasteiger partial charge in [0, 0.05) is 11.9 Å². The van der Waals surface area contributed by atoms with Gasteiger partial charge in [-0.05, 0) is 25.5 Å². The van der Waals surface area contributed by atoms with Crippen LogP contribution in [0, 0.1) is 6.92 Å². The minimum Gasteiger partial charge on any atom is -0.480 e. The molecule has 2 unspecified atom stereocenters. The smallest absolute Gasteiger partial charge is 0.327 e. The molecule has 2 heterocycles. The molecule has 0 saturated carbocycles. The van der Waals surface area contributed by atoms with E-state index in [1.807, 2.05) is 6.92 Å². The van der Waals surface area contributed by atoms with Crippen molar-refractivity contribution in [2.24, 2.45) is 0 Å². The maximum atomic E-state index is 12.5. The number of carboxylic acid groups (broad SMARTS) is 1. The molecular weight excluding hydrogens is 290 g/mol. The Balaban J connectivity index is 2.17. The quantitative estimate of drug-likeness (QED) is 0.893. The molecule has 0 spiro atoms. The highest BCUT2D eigenvalue weighted by Crippen LogP contribution is 2.32. The summed E-state index contributed by atoms with van der Waals surface area (Å²) in [6.07, 6.45) is 3.34. The summed E-state index contributed by atoms with van der Waals surface area (Å²) in [5, 5.41) is 12.0. The average molecular weight is 309 g/mol. The molecule has 2 rings (SSSR count). The van der Waals surface area contributed by atoms with E-state index in [1.165, 1.54) is 16.7 Å². The third-order valence-electron chi connectivity index (χ3n) is 3.40. The summed E-state index contributed by atoms with van der Waals surface area (Å²) in [5.41, 5.74) is 1.32. The van der Waals surface area contributed by atoms with E-state index in [0.717, 1.165) is 12.8 Å². The van der Waals surface area contributed by atoms with Crippen LogP contribution in [0.2, 0.25) is 0 Å². The van der Waals surface area contributed by atoms with Gasteiger partial charge in [-0.3, -0.25) is 9.88 Å². The molecule has 2 N–H and O–H groups in total. The van der Waals surface area contributed by atoms with Crippen molar-refractivity contribution in [3.63, 3.8) is 0 Å². The molecule has 0 radical (unpaired) electrons. The standard InChI is InChI=1S/C14H19N3O3S/c1-3-5-12-17(11(8-21-12)13(18)19)14(20)16-10-6-4-7-15-9(10)2/h4,6-7,11-12H,3,5,8H2,1-2H3,(H,16,20)(H,18,19). The van der Waals surface area contributed by atoms with Crippen molar-refractivity contribution in [1.82, 2.24) is 9.88 Å². The maximum Gasteiger partial charge on any atom is 0.327 e. The van der Waals surface area contributed by atoms with Crippen LogP contribution in [0.4, 0.5) is 10.5 Å². The van der Waals surface area contributed by atoms with Gasteiger partial charge >= 0.3 is 12.0 Å². The molecule has 0 aliphatic carbocycles. The van der Waals surface area contributed by atoms with Crippen molar-refractivity contribution in [3.8, 4) is 0 Å². The van der Waals surface area contributed by atoms with Gasteiger partial charge in [-0.25, -0.2) is 9.59 Å². The second-order valence-electron chi connectivity index (χ2n) is 4.90. The number of nitrogens with one attached hydrogen (secondary N) is 1. The fourth-order valence-electron chi connectivity index (χ4n) is 2.29. The van der Waals surface area contributed by atoms with Gasteiger partial charge < -0.3 is 10.4 Å². The van der Waals surface area contributed by atoms with Crippen molar-refractivity contribution >= 4 is 29.4 Å². The van der Waals surface area contributed by atoms with Crippen molar-refractivity contribution < 1.29 is 14.7 Å². The number of aromatic nitrogens is 1. The Morgan fingerprint density at radius 2 is 2.33 bits per heavy atom. The fraction of sp³-hybridized carbons (Fsp3) is 0.500. The number of aryl methyl sites for hydroxylation is 1. The number of anilines is 1. The highest BCUT2D eigenvalue weighted by Gasteiger charge is 2.41. The summed E-state index contributed by atoms with van der Waals surface area (Å²) in [4.78, 5) is 29.4. The van der Waals surface area contributed by atoms with Crippen LogP contribution in [0.25, 0.3) is 0 Å². The van der Waals surface area contributed by atoms with Gasteiger partial charge in [0.1, 0.15) is 6.04 Å². The lowest BCUT2D eigenvalue weighted by Crippen LogP contribution is -2.47. The van der Waals surface area contributed by atoms with Gasteiger partial charge in [0.2, 0.25) is 0 Å². The number of hydrogen-bond donors (Lipinski definition) is 2. The first-order valence-electron chi connectivity index (χ1n) is 6.90. The normalized spacial score (nSPS) is 21.3. The number of carbonyl (C=O) groups excluding carboxylic acids is 1. The van der Waals surface area contributed by atoms with E-state index in [-0.39, 0.29) is 11.4 Å². The summed E-state index contributed by atoms with van der Waals surface area (Å²) in [7, 11) is 0. The monoisotopic (exact) mass is 309 g/mol. The average Bonchev–Trinajstić information content (AvgIpc) is 2.86. The molecule has 1 fully saturated rings. The molecule has 114 valence electrons. The predicted molar refractivity (Wildman–Crippen MR) is 82.4 cm³/mol. The molecule has 2 amide bonds. The number of thioether (sulfide) groups is 1. The Hall–Kier alpha value is -1.76. The lowest BCUT2D eigenvalue weighted by Gasteiger charge is -2.27. The van der Waals surface area contributed by atoms with Crippen LogP contribution in [0.5, 0.6) is 0 Å². The Labute approximate surface area is 127 Å². The van der Waals surface area contributed by atoms with Crippen molar-refractivity contribution in [2.75, 3.05) is 11.1 Å². The summed E-state index contributed by atoms with van der Waals surface area (Å²) in [6, 6.07) is 2.35. The van der Waals surface area contributed by atoms with Crippen LogP contribution >= 0.6 is 11.8 Å². The number of rotatable bonds is 4. The number of aliphatic carboxylic acids is 1. The van der Waals surface area contributed by atoms with Gasteiger partial charge in [0.05, 0.1) is 16.8 Å². The highest BCUT2D eigenvalue weighted by molar-refractivity contribution is 8.00. The molecule has 1 aliphatic heterocycles. The van der Waals surface area contributed by atoms with Crippen LogP contribution in [-0.4, -0.2) is 44.2 Å². The zero-order valence-corrected chi connectivity index (χ0v) is 12.9. The first-order chi connectivity index (χ1) is 10.0. The molecule has 1 aromatic heterocycles. The first kappa shape index (κ1) is 15.6. The van der Waals surface area contributed by atoms with Crippen molar-refractivity contribution in [1.29, 1.82) is 0 Å². The Kier molecular flexibility index (Phi) is 5.06. The number of hydrogen-bond acceptors (Lipinski definition) is 4. The van der Waals surface area contributed by atoms with E-state index in [9.17, 15) is 14.7 Å². The van der Waals surface area contributed by atoms with Crippen LogP contribution in [0.3, 0.4) is 0 Å². The lowest BCUT2D eigenvalue weighted by atomic mass is 10.2. The Morgan fingerprint density at radius 1 is 1.57 bits per heavy atom. The maximum absolute atomic E-state index is 12.5. The van der Waals surface area contributed by atoms with Gasteiger partial charge in [0.15, 0.2) is 0 Å². The zero-order valence-electron chi connectivity index (χ0n) is 12.1. The van der Waals surface area contributed by atoms with Gasteiger partial charge in [-0.2, -0.15) is 0 Å². The Morgan fingerprint density at radius 3 is 2.95 bits per heavy atom. The molecule has 2 atom stereocenters. The first-order valence-corrected chi connectivity index (χ1v) is 7.94. The number of pyridine rings is 1. The summed E-state index contributed by atoms with van der Waals surface area (Å²) >= 11 is 1.52. The third-order valence-corrected chi connectivity index (χ3v) is 4.75. The fourth-order valence-corrected chi connectivity index (χ4v) is 3.80. The third kappa shape index (κ3) is 3.47. The summed E-state index contributed by atoms with van der Waals surface area (Å²) < 4.78 is 0. The van der Waals surface area contributed by atoms with Crippen LogP contribution in [-0.2, 0) is 4.79 Å². The molecule has 0 bridgehead atoms. The summed E-state index contributed by atoms with van der Waals surface area (Å²) in [5.74, 6) is -0.529. The van der Waals surface area contributed by atoms with E-state index in [4.69, 9.17) is 0 Å². The second kappa shape index (κ2) is 6.80. The van der Waals surface area contributed by atoms with Crippen LogP contribution < -0.4 is 5.32 Å². The van der Waals surface area contributed by atoms with Gasteiger partial charge in [0.25, 0.3) is 0 Å². The Bertz CT molecular complexity index is 538. The molecular formula is C14H19N3O3S. The predicted octanol–water partition coefficient (Wildman–Crippen LogP) is 2.55. The zero-order chi connectivity index (χ0) is 15.4. The van der Waals surface area contributed by atoms with E-state index >= 15 is 0 Å².